The second-order valence-electron chi connectivity index (χ2n) is 3.53. The van der Waals surface area contributed by atoms with Crippen LogP contribution >= 0.6 is 11.6 Å². The number of carbonyl (C=O) groups is 1. The number of aromatic nitrogens is 1. The second-order valence-corrected chi connectivity index (χ2v) is 3.97. The quantitative estimate of drug-likeness (QED) is 0.700. The molecule has 1 unspecified atom stereocenters. The van der Waals surface area contributed by atoms with Gasteiger partial charge in [-0.05, 0) is 6.07 Å². The molecule has 1 fully saturated rings. The zero-order chi connectivity index (χ0) is 11.7. The first-order valence-electron chi connectivity index (χ1n) is 4.69. The first-order valence-corrected chi connectivity index (χ1v) is 5.07. The third kappa shape index (κ3) is 1.86. The number of hydrogen-bond donors (Lipinski definition) is 0. The van der Waals surface area contributed by atoms with E-state index < -0.39 is 5.82 Å². The predicted molar refractivity (Wildman–Crippen MR) is 58.5 cm³/mol. The number of terminal acetylenes is 1. The first-order chi connectivity index (χ1) is 7.61. The molecule has 1 aliphatic rings. The highest BCUT2D eigenvalue weighted by atomic mass is 35.5. The van der Waals surface area contributed by atoms with Crippen molar-refractivity contribution < 1.29 is 9.18 Å². The molecule has 0 bridgehead atoms. The smallest absolute Gasteiger partial charge is 0.229 e. The van der Waals surface area contributed by atoms with Crippen LogP contribution in [0.3, 0.4) is 0 Å². The molecule has 82 valence electrons. The van der Waals surface area contributed by atoms with Gasteiger partial charge < -0.3 is 0 Å². The summed E-state index contributed by atoms with van der Waals surface area (Å²) in [7, 11) is 0. The Labute approximate surface area is 97.2 Å². The average molecular weight is 239 g/mol. The average Bonchev–Trinajstić information content (AvgIpc) is 2.60. The van der Waals surface area contributed by atoms with Crippen molar-refractivity contribution in [1.29, 1.82) is 0 Å². The molecule has 1 aromatic heterocycles. The summed E-state index contributed by atoms with van der Waals surface area (Å²) in [4.78, 5) is 16.6. The molecule has 0 N–H and O–H groups in total. The summed E-state index contributed by atoms with van der Waals surface area (Å²) in [5.41, 5.74) is 0. The molecule has 2 heterocycles. The topological polar surface area (TPSA) is 33.2 Å². The number of pyridine rings is 1. The fraction of sp³-hybridized carbons (Fsp3) is 0.273. The minimum atomic E-state index is -0.612. The number of anilines is 1. The van der Waals surface area contributed by atoms with E-state index in [0.717, 1.165) is 6.07 Å². The number of hydrogen-bond acceptors (Lipinski definition) is 2. The van der Waals surface area contributed by atoms with Gasteiger partial charge in [0.05, 0.1) is 5.02 Å². The highest BCUT2D eigenvalue weighted by molar-refractivity contribution is 6.30. The van der Waals surface area contributed by atoms with Gasteiger partial charge >= 0.3 is 0 Å². The Bertz CT molecular complexity index is 483. The molecule has 2 rings (SSSR count). The Morgan fingerprint density at radius 2 is 2.44 bits per heavy atom. The number of carbonyl (C=O) groups excluding carboxylic acids is 1. The molecule has 0 aliphatic carbocycles. The van der Waals surface area contributed by atoms with Gasteiger partial charge in [0.1, 0.15) is 0 Å². The Balaban J connectivity index is 2.32. The molecule has 16 heavy (non-hydrogen) atoms. The van der Waals surface area contributed by atoms with Crippen molar-refractivity contribution in [3.63, 3.8) is 0 Å². The minimum absolute atomic E-state index is 0.00727. The Kier molecular flexibility index (Phi) is 2.80. The van der Waals surface area contributed by atoms with Gasteiger partial charge in [-0.3, -0.25) is 9.69 Å². The normalized spacial score (nSPS) is 19.9. The maximum atomic E-state index is 13.5. The SMILES string of the molecule is C#CC1CC(=O)N(c2ncc(Cl)cc2F)C1. The Hall–Kier alpha value is -1.60. The molecule has 3 nitrogen and oxygen atoms in total. The third-order valence-corrected chi connectivity index (χ3v) is 2.61. The van der Waals surface area contributed by atoms with Crippen LogP contribution in [0.2, 0.25) is 5.02 Å². The number of rotatable bonds is 1. The van der Waals surface area contributed by atoms with Crippen molar-refractivity contribution >= 4 is 23.3 Å². The van der Waals surface area contributed by atoms with Crippen LogP contribution in [0.1, 0.15) is 6.42 Å². The molecule has 1 aliphatic heterocycles. The van der Waals surface area contributed by atoms with Gasteiger partial charge in [-0.2, -0.15) is 0 Å². The molecular weight excluding hydrogens is 231 g/mol. The molecule has 0 radical (unpaired) electrons. The first kappa shape index (κ1) is 10.9. The van der Waals surface area contributed by atoms with Gasteiger partial charge in [0.25, 0.3) is 0 Å². The fourth-order valence-corrected chi connectivity index (χ4v) is 1.77. The predicted octanol–water partition coefficient (Wildman–Crippen LogP) is 1.86. The number of halogens is 2. The van der Waals surface area contributed by atoms with Crippen molar-refractivity contribution in [2.75, 3.05) is 11.4 Å². The highest BCUT2D eigenvalue weighted by Crippen LogP contribution is 2.26. The van der Waals surface area contributed by atoms with Crippen LogP contribution in [0.25, 0.3) is 0 Å². The minimum Gasteiger partial charge on any atom is -0.293 e. The summed E-state index contributed by atoms with van der Waals surface area (Å²) >= 11 is 5.58. The molecule has 1 amide bonds. The summed E-state index contributed by atoms with van der Waals surface area (Å²) in [5.74, 6) is 1.48. The Morgan fingerprint density at radius 1 is 1.69 bits per heavy atom. The lowest BCUT2D eigenvalue weighted by atomic mass is 10.1. The van der Waals surface area contributed by atoms with E-state index in [1.54, 1.807) is 0 Å². The van der Waals surface area contributed by atoms with Crippen LogP contribution in [0.15, 0.2) is 12.3 Å². The molecule has 0 aromatic carbocycles. The zero-order valence-corrected chi connectivity index (χ0v) is 9.04. The summed E-state index contributed by atoms with van der Waals surface area (Å²) in [6.45, 7) is 0.306. The van der Waals surface area contributed by atoms with Crippen molar-refractivity contribution in [2.24, 2.45) is 5.92 Å². The standard InChI is InChI=1S/C11H8ClFN2O/c1-2-7-3-10(16)15(6-7)11-9(13)4-8(12)5-14-11/h1,4-5,7H,3,6H2. The molecule has 1 aromatic rings. The maximum absolute atomic E-state index is 13.5. The van der Waals surface area contributed by atoms with E-state index in [1.165, 1.54) is 11.1 Å². The van der Waals surface area contributed by atoms with E-state index in [4.69, 9.17) is 18.0 Å². The van der Waals surface area contributed by atoms with E-state index in [1.807, 2.05) is 0 Å². The largest absolute Gasteiger partial charge is 0.293 e. The van der Waals surface area contributed by atoms with E-state index in [2.05, 4.69) is 10.9 Å². The van der Waals surface area contributed by atoms with Crippen LogP contribution in [-0.2, 0) is 4.79 Å². The van der Waals surface area contributed by atoms with Crippen LogP contribution in [0.5, 0.6) is 0 Å². The summed E-state index contributed by atoms with van der Waals surface area (Å²) in [5, 5.41) is 0.196. The van der Waals surface area contributed by atoms with Gasteiger partial charge in [0.2, 0.25) is 5.91 Å². The summed E-state index contributed by atoms with van der Waals surface area (Å²) in [6.07, 6.45) is 6.77. The zero-order valence-electron chi connectivity index (χ0n) is 8.28. The lowest BCUT2D eigenvalue weighted by molar-refractivity contribution is -0.117. The molecule has 1 atom stereocenters. The van der Waals surface area contributed by atoms with Crippen molar-refractivity contribution in [3.05, 3.63) is 23.1 Å². The maximum Gasteiger partial charge on any atom is 0.229 e. The molecular formula is C11H8ClFN2O. The number of nitrogens with zero attached hydrogens (tertiary/aromatic N) is 2. The monoisotopic (exact) mass is 238 g/mol. The lowest BCUT2D eigenvalue weighted by Gasteiger charge is -2.15. The van der Waals surface area contributed by atoms with E-state index in [0.29, 0.717) is 6.54 Å². The second kappa shape index (κ2) is 4.11. The van der Waals surface area contributed by atoms with Gasteiger partial charge in [0, 0.05) is 25.1 Å². The van der Waals surface area contributed by atoms with E-state index in [9.17, 15) is 9.18 Å². The van der Waals surface area contributed by atoms with Crippen LogP contribution in [0.4, 0.5) is 10.2 Å². The fourth-order valence-electron chi connectivity index (χ4n) is 1.63. The van der Waals surface area contributed by atoms with E-state index in [-0.39, 0.29) is 29.1 Å². The van der Waals surface area contributed by atoms with Crippen LogP contribution < -0.4 is 4.90 Å². The summed E-state index contributed by atoms with van der Waals surface area (Å²) in [6, 6.07) is 1.13. The van der Waals surface area contributed by atoms with Crippen LogP contribution in [0, 0.1) is 24.1 Å². The van der Waals surface area contributed by atoms with Gasteiger partial charge in [-0.25, -0.2) is 9.37 Å². The highest BCUT2D eigenvalue weighted by Gasteiger charge is 2.31. The van der Waals surface area contributed by atoms with Gasteiger partial charge in [-0.1, -0.05) is 11.6 Å². The third-order valence-electron chi connectivity index (χ3n) is 2.40. The summed E-state index contributed by atoms with van der Waals surface area (Å²) < 4.78 is 13.5. The van der Waals surface area contributed by atoms with Crippen molar-refractivity contribution in [2.45, 2.75) is 6.42 Å². The van der Waals surface area contributed by atoms with Crippen molar-refractivity contribution in [3.8, 4) is 12.3 Å². The molecule has 0 saturated carbocycles. The van der Waals surface area contributed by atoms with E-state index >= 15 is 0 Å². The Morgan fingerprint density at radius 3 is 3.00 bits per heavy atom. The van der Waals surface area contributed by atoms with Crippen LogP contribution in [-0.4, -0.2) is 17.4 Å². The molecule has 5 heteroatoms. The van der Waals surface area contributed by atoms with Crippen molar-refractivity contribution in [1.82, 2.24) is 4.98 Å². The van der Waals surface area contributed by atoms with Gasteiger partial charge in [-0.15, -0.1) is 12.3 Å². The molecule has 0 spiro atoms. The number of amides is 1. The molecule has 1 saturated heterocycles. The van der Waals surface area contributed by atoms with Gasteiger partial charge in [0.15, 0.2) is 11.6 Å². The lowest BCUT2D eigenvalue weighted by Crippen LogP contribution is -2.26.